The molecule has 0 aliphatic heterocycles. The van der Waals surface area contributed by atoms with Gasteiger partial charge in [0.2, 0.25) is 10.0 Å². The first kappa shape index (κ1) is 15.2. The van der Waals surface area contributed by atoms with Gasteiger partial charge in [0, 0.05) is 13.6 Å². The van der Waals surface area contributed by atoms with Gasteiger partial charge in [-0.2, -0.15) is 9.57 Å². The Morgan fingerprint density at radius 3 is 2.52 bits per heavy atom. The summed E-state index contributed by atoms with van der Waals surface area (Å²) in [6.45, 7) is 2.25. The van der Waals surface area contributed by atoms with E-state index in [2.05, 4.69) is 0 Å². The first-order chi connectivity index (χ1) is 9.95. The standard InChI is InChI=1S/C16H16N2O2S/c1-13-6-3-4-8-15(13)12-18(2)21(19,20)16-9-5-7-14(10-16)11-17/h3-10H,12H2,1-2H3. The Bertz CT molecular complexity index is 792. The van der Waals surface area contributed by atoms with Gasteiger partial charge in [-0.25, -0.2) is 8.42 Å². The van der Waals surface area contributed by atoms with Crippen LogP contribution in [-0.4, -0.2) is 19.8 Å². The maximum Gasteiger partial charge on any atom is 0.243 e. The van der Waals surface area contributed by atoms with E-state index in [4.69, 9.17) is 5.26 Å². The minimum absolute atomic E-state index is 0.137. The molecule has 0 fully saturated rings. The quantitative estimate of drug-likeness (QED) is 0.872. The van der Waals surface area contributed by atoms with Crippen molar-refractivity contribution in [3.05, 3.63) is 65.2 Å². The average molecular weight is 300 g/mol. The van der Waals surface area contributed by atoms with Crippen molar-refractivity contribution in [3.63, 3.8) is 0 Å². The van der Waals surface area contributed by atoms with E-state index in [1.807, 2.05) is 37.3 Å². The van der Waals surface area contributed by atoms with Crippen molar-refractivity contribution in [1.29, 1.82) is 5.26 Å². The number of sulfonamides is 1. The molecule has 0 bridgehead atoms. The molecule has 4 nitrogen and oxygen atoms in total. The summed E-state index contributed by atoms with van der Waals surface area (Å²) in [6.07, 6.45) is 0. The Labute approximate surface area is 125 Å². The molecular weight excluding hydrogens is 284 g/mol. The molecule has 0 saturated heterocycles. The second-order valence-corrected chi connectivity index (χ2v) is 6.87. The number of nitrogens with zero attached hydrogens (tertiary/aromatic N) is 2. The molecule has 21 heavy (non-hydrogen) atoms. The van der Waals surface area contributed by atoms with Crippen molar-refractivity contribution in [2.75, 3.05) is 7.05 Å². The number of hydrogen-bond acceptors (Lipinski definition) is 3. The highest BCUT2D eigenvalue weighted by Crippen LogP contribution is 2.19. The Balaban J connectivity index is 2.31. The molecule has 5 heteroatoms. The van der Waals surface area contributed by atoms with E-state index in [0.717, 1.165) is 11.1 Å². The number of nitriles is 1. The smallest absolute Gasteiger partial charge is 0.207 e. The third-order valence-electron chi connectivity index (χ3n) is 3.33. The van der Waals surface area contributed by atoms with Crippen LogP contribution in [0.25, 0.3) is 0 Å². The first-order valence-electron chi connectivity index (χ1n) is 6.46. The fraction of sp³-hybridized carbons (Fsp3) is 0.188. The van der Waals surface area contributed by atoms with Crippen LogP contribution in [-0.2, 0) is 16.6 Å². The molecule has 2 aromatic rings. The Kier molecular flexibility index (Phi) is 4.41. The van der Waals surface area contributed by atoms with Crippen LogP contribution in [0.2, 0.25) is 0 Å². The number of hydrogen-bond donors (Lipinski definition) is 0. The second-order valence-electron chi connectivity index (χ2n) is 4.83. The van der Waals surface area contributed by atoms with Gasteiger partial charge in [0.1, 0.15) is 0 Å². The maximum absolute atomic E-state index is 12.5. The van der Waals surface area contributed by atoms with E-state index >= 15 is 0 Å². The fourth-order valence-electron chi connectivity index (χ4n) is 2.02. The Morgan fingerprint density at radius 1 is 1.14 bits per heavy atom. The number of aryl methyl sites for hydroxylation is 1. The lowest BCUT2D eigenvalue weighted by atomic mass is 10.1. The van der Waals surface area contributed by atoms with Gasteiger partial charge >= 0.3 is 0 Å². The summed E-state index contributed by atoms with van der Waals surface area (Å²) in [7, 11) is -2.06. The monoisotopic (exact) mass is 300 g/mol. The van der Waals surface area contributed by atoms with E-state index in [1.54, 1.807) is 19.2 Å². The molecule has 0 spiro atoms. The zero-order valence-corrected chi connectivity index (χ0v) is 12.8. The molecule has 0 aliphatic rings. The topological polar surface area (TPSA) is 61.2 Å². The van der Waals surface area contributed by atoms with Crippen molar-refractivity contribution in [2.45, 2.75) is 18.4 Å². The Morgan fingerprint density at radius 2 is 1.86 bits per heavy atom. The van der Waals surface area contributed by atoms with Gasteiger partial charge in [-0.05, 0) is 36.2 Å². The molecule has 2 rings (SSSR count). The van der Waals surface area contributed by atoms with Crippen LogP contribution in [0.5, 0.6) is 0 Å². The zero-order chi connectivity index (χ0) is 15.5. The first-order valence-corrected chi connectivity index (χ1v) is 7.90. The number of benzene rings is 2. The van der Waals surface area contributed by atoms with Gasteiger partial charge in [-0.15, -0.1) is 0 Å². The van der Waals surface area contributed by atoms with E-state index in [9.17, 15) is 8.42 Å². The van der Waals surface area contributed by atoms with E-state index < -0.39 is 10.0 Å². The Hall–Kier alpha value is -2.16. The predicted molar refractivity (Wildman–Crippen MR) is 81.0 cm³/mol. The van der Waals surface area contributed by atoms with Gasteiger partial charge in [-0.3, -0.25) is 0 Å². The summed E-state index contributed by atoms with van der Waals surface area (Å²) in [5.74, 6) is 0. The van der Waals surface area contributed by atoms with Gasteiger partial charge in [0.05, 0.1) is 16.5 Å². The molecule has 0 atom stereocenters. The van der Waals surface area contributed by atoms with E-state index in [1.165, 1.54) is 16.4 Å². The lowest BCUT2D eigenvalue weighted by Gasteiger charge is -2.18. The van der Waals surface area contributed by atoms with E-state index in [0.29, 0.717) is 12.1 Å². The third-order valence-corrected chi connectivity index (χ3v) is 5.12. The molecule has 0 heterocycles. The molecule has 0 aromatic heterocycles. The zero-order valence-electron chi connectivity index (χ0n) is 11.9. The highest BCUT2D eigenvalue weighted by molar-refractivity contribution is 7.89. The maximum atomic E-state index is 12.5. The number of rotatable bonds is 4. The summed E-state index contributed by atoms with van der Waals surface area (Å²) in [5, 5.41) is 8.88. The van der Waals surface area contributed by atoms with Gasteiger partial charge < -0.3 is 0 Å². The molecule has 0 radical (unpaired) electrons. The van der Waals surface area contributed by atoms with Crippen molar-refractivity contribution in [2.24, 2.45) is 0 Å². The third kappa shape index (κ3) is 3.30. The van der Waals surface area contributed by atoms with Crippen LogP contribution < -0.4 is 0 Å². The fourth-order valence-corrected chi connectivity index (χ4v) is 3.21. The minimum Gasteiger partial charge on any atom is -0.207 e. The van der Waals surface area contributed by atoms with Crippen molar-refractivity contribution < 1.29 is 8.42 Å². The normalized spacial score (nSPS) is 11.3. The highest BCUT2D eigenvalue weighted by Gasteiger charge is 2.21. The highest BCUT2D eigenvalue weighted by atomic mass is 32.2. The van der Waals surface area contributed by atoms with Crippen LogP contribution in [0.4, 0.5) is 0 Å². The minimum atomic E-state index is -3.60. The van der Waals surface area contributed by atoms with Gasteiger partial charge in [0.25, 0.3) is 0 Å². The summed E-state index contributed by atoms with van der Waals surface area (Å²) in [4.78, 5) is 0.137. The summed E-state index contributed by atoms with van der Waals surface area (Å²) < 4.78 is 26.4. The molecule has 0 saturated carbocycles. The molecule has 0 aliphatic carbocycles. The molecule has 0 amide bonds. The average Bonchev–Trinajstić information content (AvgIpc) is 2.49. The van der Waals surface area contributed by atoms with Crippen LogP contribution in [0.1, 0.15) is 16.7 Å². The van der Waals surface area contributed by atoms with Gasteiger partial charge in [-0.1, -0.05) is 30.3 Å². The largest absolute Gasteiger partial charge is 0.243 e. The molecule has 2 aromatic carbocycles. The van der Waals surface area contributed by atoms with Crippen LogP contribution >= 0.6 is 0 Å². The molecular formula is C16H16N2O2S. The summed E-state index contributed by atoms with van der Waals surface area (Å²) >= 11 is 0. The van der Waals surface area contributed by atoms with Crippen molar-refractivity contribution in [1.82, 2.24) is 4.31 Å². The van der Waals surface area contributed by atoms with Gasteiger partial charge in [0.15, 0.2) is 0 Å². The summed E-state index contributed by atoms with van der Waals surface area (Å²) in [5.41, 5.74) is 2.34. The molecule has 0 unspecified atom stereocenters. The molecule has 0 N–H and O–H groups in total. The van der Waals surface area contributed by atoms with Crippen LogP contribution in [0.15, 0.2) is 53.4 Å². The van der Waals surface area contributed by atoms with Crippen LogP contribution in [0.3, 0.4) is 0 Å². The SMILES string of the molecule is Cc1ccccc1CN(C)S(=O)(=O)c1cccc(C#N)c1. The summed E-state index contributed by atoms with van der Waals surface area (Å²) in [6, 6.07) is 15.7. The van der Waals surface area contributed by atoms with Crippen molar-refractivity contribution >= 4 is 10.0 Å². The van der Waals surface area contributed by atoms with E-state index in [-0.39, 0.29) is 4.90 Å². The molecule has 108 valence electrons. The lowest BCUT2D eigenvalue weighted by Crippen LogP contribution is -2.26. The van der Waals surface area contributed by atoms with Crippen LogP contribution in [0, 0.1) is 18.3 Å². The second kappa shape index (κ2) is 6.08. The lowest BCUT2D eigenvalue weighted by molar-refractivity contribution is 0.466. The predicted octanol–water partition coefficient (Wildman–Crippen LogP) is 2.69. The van der Waals surface area contributed by atoms with Crippen molar-refractivity contribution in [3.8, 4) is 6.07 Å².